The van der Waals surface area contributed by atoms with Crippen LogP contribution >= 0.6 is 0 Å². The molecule has 0 bridgehead atoms. The Balaban J connectivity index is 4.00. The fourth-order valence-corrected chi connectivity index (χ4v) is 5.76. The Kier molecular flexibility index (Phi) is 38.2. The Morgan fingerprint density at radius 1 is 0.500 bits per heavy atom. The summed E-state index contributed by atoms with van der Waals surface area (Å²) in [5, 5.41) is 3.31. The highest BCUT2D eigenvalue weighted by Gasteiger charge is 2.14. The number of nitrogens with one attached hydrogen (secondary N) is 1. The molecule has 0 aromatic heterocycles. The Morgan fingerprint density at radius 3 is 1.30 bits per heavy atom. The zero-order valence-electron chi connectivity index (χ0n) is 31.2. The van der Waals surface area contributed by atoms with Crippen LogP contribution in [0, 0.1) is 0 Å². The number of carbonyl (C=O) groups is 1. The number of hydrogen-bond acceptors (Lipinski definition) is 3. The number of rotatable bonds is 36. The van der Waals surface area contributed by atoms with Gasteiger partial charge in [-0.05, 0) is 109 Å². The summed E-state index contributed by atoms with van der Waals surface area (Å²) in [5.41, 5.74) is 0. The van der Waals surface area contributed by atoms with E-state index < -0.39 is 0 Å². The van der Waals surface area contributed by atoms with Gasteiger partial charge in [0.25, 0.3) is 0 Å². The molecule has 3 heteroatoms. The fourth-order valence-electron chi connectivity index (χ4n) is 5.76. The first-order valence-corrected chi connectivity index (χ1v) is 20.2. The van der Waals surface area contributed by atoms with Crippen molar-refractivity contribution in [2.75, 3.05) is 13.1 Å². The number of hydrogen-bond donors (Lipinski definition) is 1. The molecule has 1 N–H and O–H groups in total. The normalized spacial score (nSPS) is 12.3. The summed E-state index contributed by atoms with van der Waals surface area (Å²) in [6, 6.07) is 0. The van der Waals surface area contributed by atoms with Crippen molar-refractivity contribution >= 4 is 5.97 Å². The molecular weight excluding hydrogens is 562 g/mol. The van der Waals surface area contributed by atoms with Crippen LogP contribution in [0.15, 0.2) is 48.6 Å². The molecule has 0 saturated carbocycles. The minimum absolute atomic E-state index is 0.00276. The molecule has 0 atom stereocenters. The molecule has 0 aliphatic heterocycles. The molecule has 0 heterocycles. The number of ether oxygens (including phenoxy) is 1. The van der Waals surface area contributed by atoms with Gasteiger partial charge in [-0.2, -0.15) is 0 Å². The minimum atomic E-state index is 0.00276. The average Bonchev–Trinajstić information content (AvgIpc) is 3.06. The zero-order valence-corrected chi connectivity index (χ0v) is 31.2. The van der Waals surface area contributed by atoms with Crippen molar-refractivity contribution in [3.05, 3.63) is 48.6 Å². The molecule has 0 aliphatic rings. The third-order valence-electron chi connectivity index (χ3n) is 8.74. The number of carbonyl (C=O) groups excluding carboxylic acids is 1. The maximum atomic E-state index is 12.5. The van der Waals surface area contributed by atoms with Crippen molar-refractivity contribution < 1.29 is 9.53 Å². The van der Waals surface area contributed by atoms with Gasteiger partial charge < -0.3 is 10.1 Å². The Bertz CT molecular complexity index is 674. The molecule has 3 nitrogen and oxygen atoms in total. The maximum absolute atomic E-state index is 12.5. The topological polar surface area (TPSA) is 38.3 Å². The van der Waals surface area contributed by atoms with Gasteiger partial charge in [0.2, 0.25) is 0 Å². The monoisotopic (exact) mass is 642 g/mol. The van der Waals surface area contributed by atoms with Crippen molar-refractivity contribution in [1.29, 1.82) is 0 Å². The van der Waals surface area contributed by atoms with Crippen LogP contribution in [0.1, 0.15) is 201 Å². The second-order valence-electron chi connectivity index (χ2n) is 13.3. The molecule has 0 amide bonds. The summed E-state index contributed by atoms with van der Waals surface area (Å²) in [5.74, 6) is 0.00276. The molecule has 0 spiro atoms. The van der Waals surface area contributed by atoms with Crippen LogP contribution in [-0.2, 0) is 9.53 Å². The Labute approximate surface area is 288 Å². The summed E-state index contributed by atoms with van der Waals surface area (Å²) < 4.78 is 5.99. The van der Waals surface area contributed by atoms with Crippen molar-refractivity contribution in [2.24, 2.45) is 0 Å². The lowest BCUT2D eigenvalue weighted by molar-refractivity contribution is -0.150. The second kappa shape index (κ2) is 39.6. The van der Waals surface area contributed by atoms with E-state index in [4.69, 9.17) is 4.74 Å². The van der Waals surface area contributed by atoms with Crippen molar-refractivity contribution in [3.63, 3.8) is 0 Å². The van der Waals surface area contributed by atoms with Crippen LogP contribution < -0.4 is 5.32 Å². The highest BCUT2D eigenvalue weighted by Crippen LogP contribution is 2.18. The van der Waals surface area contributed by atoms with E-state index in [0.717, 1.165) is 45.2 Å². The van der Waals surface area contributed by atoms with Crippen LogP contribution in [-0.4, -0.2) is 25.2 Å². The van der Waals surface area contributed by atoms with E-state index in [1.165, 1.54) is 141 Å². The molecule has 0 aromatic rings. The molecule has 0 radical (unpaired) electrons. The van der Waals surface area contributed by atoms with Crippen LogP contribution in [0.4, 0.5) is 0 Å². The molecular formula is C43H79NO2. The van der Waals surface area contributed by atoms with Gasteiger partial charge in [-0.3, -0.25) is 4.79 Å². The van der Waals surface area contributed by atoms with Gasteiger partial charge in [-0.25, -0.2) is 0 Å². The van der Waals surface area contributed by atoms with Gasteiger partial charge in [0.15, 0.2) is 0 Å². The lowest BCUT2D eigenvalue weighted by Gasteiger charge is -2.18. The maximum Gasteiger partial charge on any atom is 0.306 e. The predicted octanol–water partition coefficient (Wildman–Crippen LogP) is 13.7. The third kappa shape index (κ3) is 36.9. The van der Waals surface area contributed by atoms with Gasteiger partial charge in [0, 0.05) is 6.42 Å². The van der Waals surface area contributed by atoms with E-state index in [-0.39, 0.29) is 12.1 Å². The fraction of sp³-hybridized carbons (Fsp3) is 0.791. The number of esters is 1. The van der Waals surface area contributed by atoms with E-state index in [2.05, 4.69) is 74.7 Å². The van der Waals surface area contributed by atoms with Crippen LogP contribution in [0.5, 0.6) is 0 Å². The standard InChI is InChI=1S/C43H79NO2/c1-4-7-9-11-13-15-17-19-21-23-25-27-29-31-33-35-38-42(46-43(45)40-37-41-44-6-3)39-36-34-32-30-28-26-24-22-20-18-16-14-12-10-8-5-2/h13-16,19-22,42,44H,4-12,17-18,23-41H2,1-3H3/b15-13-,16-14-,21-19-,22-20-. The van der Waals surface area contributed by atoms with E-state index in [1.807, 2.05) is 0 Å². The van der Waals surface area contributed by atoms with Crippen molar-refractivity contribution in [3.8, 4) is 0 Å². The molecule has 46 heavy (non-hydrogen) atoms. The molecule has 268 valence electrons. The van der Waals surface area contributed by atoms with E-state index in [0.29, 0.717) is 6.42 Å². The first-order chi connectivity index (χ1) is 22.7. The largest absolute Gasteiger partial charge is 0.462 e. The molecule has 0 unspecified atom stereocenters. The van der Waals surface area contributed by atoms with Gasteiger partial charge in [-0.1, -0.05) is 146 Å². The van der Waals surface area contributed by atoms with E-state index in [1.54, 1.807) is 0 Å². The lowest BCUT2D eigenvalue weighted by atomic mass is 10.0. The molecule has 0 aromatic carbocycles. The highest BCUT2D eigenvalue weighted by molar-refractivity contribution is 5.69. The van der Waals surface area contributed by atoms with Crippen molar-refractivity contribution in [2.45, 2.75) is 207 Å². The average molecular weight is 642 g/mol. The van der Waals surface area contributed by atoms with Crippen LogP contribution in [0.2, 0.25) is 0 Å². The van der Waals surface area contributed by atoms with Crippen LogP contribution in [0.3, 0.4) is 0 Å². The summed E-state index contributed by atoms with van der Waals surface area (Å²) in [7, 11) is 0. The molecule has 0 rings (SSSR count). The first-order valence-electron chi connectivity index (χ1n) is 20.2. The quantitative estimate of drug-likeness (QED) is 0.0420. The number of unbranched alkanes of at least 4 members (excludes halogenated alkanes) is 18. The first kappa shape index (κ1) is 44.4. The van der Waals surface area contributed by atoms with Crippen molar-refractivity contribution in [1.82, 2.24) is 5.32 Å². The number of allylic oxidation sites excluding steroid dienone is 8. The smallest absolute Gasteiger partial charge is 0.306 e. The predicted molar refractivity (Wildman–Crippen MR) is 206 cm³/mol. The van der Waals surface area contributed by atoms with Gasteiger partial charge >= 0.3 is 5.97 Å². The van der Waals surface area contributed by atoms with Gasteiger partial charge in [-0.15, -0.1) is 0 Å². The SMILES string of the molecule is CCCCC/C=C\C/C=C\CCCCCCCCC(CCCCCCCC/C=C\C/C=C\CCCCC)OC(=O)CCCNCC. The Morgan fingerprint density at radius 2 is 0.891 bits per heavy atom. The molecule has 0 fully saturated rings. The van der Waals surface area contributed by atoms with Gasteiger partial charge in [0.1, 0.15) is 6.10 Å². The minimum Gasteiger partial charge on any atom is -0.462 e. The highest BCUT2D eigenvalue weighted by atomic mass is 16.5. The zero-order chi connectivity index (χ0) is 33.4. The third-order valence-corrected chi connectivity index (χ3v) is 8.74. The van der Waals surface area contributed by atoms with Crippen LogP contribution in [0.25, 0.3) is 0 Å². The summed E-state index contributed by atoms with van der Waals surface area (Å²) in [6.45, 7) is 8.48. The Hall–Kier alpha value is -1.61. The van der Waals surface area contributed by atoms with E-state index in [9.17, 15) is 4.79 Å². The molecule has 0 aliphatic carbocycles. The summed E-state index contributed by atoms with van der Waals surface area (Å²) in [4.78, 5) is 12.5. The van der Waals surface area contributed by atoms with Gasteiger partial charge in [0.05, 0.1) is 0 Å². The molecule has 0 saturated heterocycles. The lowest BCUT2D eigenvalue weighted by Crippen LogP contribution is -2.20. The van der Waals surface area contributed by atoms with E-state index >= 15 is 0 Å². The summed E-state index contributed by atoms with van der Waals surface area (Å²) in [6.07, 6.45) is 52.7. The second-order valence-corrected chi connectivity index (χ2v) is 13.3. The summed E-state index contributed by atoms with van der Waals surface area (Å²) >= 11 is 0.